The van der Waals surface area contributed by atoms with Crippen LogP contribution in [0.15, 0.2) is 18.2 Å². The first-order valence-electron chi connectivity index (χ1n) is 11.0. The molecule has 0 saturated carbocycles. The Morgan fingerprint density at radius 2 is 1.82 bits per heavy atom. The Morgan fingerprint density at radius 3 is 2.47 bits per heavy atom. The molecule has 2 rings (SSSR count). The summed E-state index contributed by atoms with van der Waals surface area (Å²) in [6.45, 7) is 6.35. The molecule has 0 aliphatic carbocycles. The topological polar surface area (TPSA) is 149 Å². The second-order valence-corrected chi connectivity index (χ2v) is 8.69. The fourth-order valence-electron chi connectivity index (χ4n) is 3.10. The summed E-state index contributed by atoms with van der Waals surface area (Å²) >= 11 is 0. The first kappa shape index (κ1) is 27.1. The standard InChI is InChI=1S/C23H32N2O9/c1-14(27)31-21(29)18-6-5-7-19(33-18)32-17-9-8-15(13-26)12-16(17)20(28)24-10-11-25-22(30)34-23(2,3)4/h8-9,12,18-19,26H,5-7,10-11,13H2,1-4H3,(H,24,28)(H,25,30). The lowest BCUT2D eigenvalue weighted by atomic mass is 10.1. The Kier molecular flexibility index (Phi) is 9.82. The molecule has 1 heterocycles. The Balaban J connectivity index is 1.99. The third kappa shape index (κ3) is 8.99. The van der Waals surface area contributed by atoms with Crippen LogP contribution in [0.25, 0.3) is 0 Å². The van der Waals surface area contributed by atoms with Gasteiger partial charge in [0.1, 0.15) is 11.4 Å². The van der Waals surface area contributed by atoms with E-state index in [9.17, 15) is 24.3 Å². The molecule has 1 aromatic carbocycles. The number of nitrogens with one attached hydrogen (secondary N) is 2. The number of ether oxygens (including phenoxy) is 4. The molecule has 11 nitrogen and oxygen atoms in total. The van der Waals surface area contributed by atoms with E-state index in [0.29, 0.717) is 24.8 Å². The van der Waals surface area contributed by atoms with Gasteiger partial charge in [-0.25, -0.2) is 9.59 Å². The van der Waals surface area contributed by atoms with E-state index in [2.05, 4.69) is 15.4 Å². The van der Waals surface area contributed by atoms with Crippen LogP contribution in [-0.2, 0) is 30.4 Å². The van der Waals surface area contributed by atoms with Crippen LogP contribution in [-0.4, -0.2) is 60.1 Å². The van der Waals surface area contributed by atoms with E-state index in [4.69, 9.17) is 14.2 Å². The molecule has 34 heavy (non-hydrogen) atoms. The lowest BCUT2D eigenvalue weighted by Gasteiger charge is -2.29. The molecule has 1 aliphatic heterocycles. The van der Waals surface area contributed by atoms with Gasteiger partial charge in [-0.05, 0) is 51.3 Å². The predicted molar refractivity (Wildman–Crippen MR) is 119 cm³/mol. The molecular formula is C23H32N2O9. The van der Waals surface area contributed by atoms with Gasteiger partial charge in [-0.2, -0.15) is 0 Å². The number of carbonyl (C=O) groups is 4. The molecule has 188 valence electrons. The summed E-state index contributed by atoms with van der Waals surface area (Å²) in [6, 6.07) is 4.61. The first-order chi connectivity index (χ1) is 16.0. The number of alkyl carbamates (subject to hydrolysis) is 1. The molecule has 2 unspecified atom stereocenters. The van der Waals surface area contributed by atoms with Crippen molar-refractivity contribution in [2.45, 2.75) is 71.6 Å². The van der Waals surface area contributed by atoms with Crippen molar-refractivity contribution in [2.75, 3.05) is 13.1 Å². The number of carbonyl (C=O) groups excluding carboxylic acids is 4. The normalized spacial score (nSPS) is 17.9. The van der Waals surface area contributed by atoms with Gasteiger partial charge in [0.25, 0.3) is 5.91 Å². The maximum atomic E-state index is 12.8. The van der Waals surface area contributed by atoms with Crippen LogP contribution >= 0.6 is 0 Å². The van der Waals surface area contributed by atoms with E-state index in [1.165, 1.54) is 12.1 Å². The van der Waals surface area contributed by atoms with Gasteiger partial charge in [-0.15, -0.1) is 0 Å². The van der Waals surface area contributed by atoms with Gasteiger partial charge in [0.05, 0.1) is 12.2 Å². The number of esters is 2. The van der Waals surface area contributed by atoms with Gasteiger partial charge in [0.15, 0.2) is 6.10 Å². The summed E-state index contributed by atoms with van der Waals surface area (Å²) in [5, 5.41) is 14.7. The van der Waals surface area contributed by atoms with Crippen molar-refractivity contribution >= 4 is 23.9 Å². The van der Waals surface area contributed by atoms with E-state index in [1.807, 2.05) is 0 Å². The van der Waals surface area contributed by atoms with Crippen LogP contribution in [0.3, 0.4) is 0 Å². The largest absolute Gasteiger partial charge is 0.464 e. The molecule has 2 amide bonds. The van der Waals surface area contributed by atoms with Gasteiger partial charge in [-0.1, -0.05) is 6.07 Å². The highest BCUT2D eigenvalue weighted by Crippen LogP contribution is 2.27. The lowest BCUT2D eigenvalue weighted by molar-refractivity contribution is -0.188. The number of aliphatic hydroxyl groups is 1. The fourth-order valence-corrected chi connectivity index (χ4v) is 3.10. The fraction of sp³-hybridized carbons (Fsp3) is 0.565. The highest BCUT2D eigenvalue weighted by atomic mass is 16.7. The summed E-state index contributed by atoms with van der Waals surface area (Å²) in [7, 11) is 0. The molecule has 2 atom stereocenters. The van der Waals surface area contributed by atoms with Crippen molar-refractivity contribution < 1.29 is 43.2 Å². The van der Waals surface area contributed by atoms with E-state index in [1.54, 1.807) is 26.8 Å². The van der Waals surface area contributed by atoms with Crippen molar-refractivity contribution in [3.63, 3.8) is 0 Å². The van der Waals surface area contributed by atoms with Crippen LogP contribution in [0.2, 0.25) is 0 Å². The van der Waals surface area contributed by atoms with Crippen molar-refractivity contribution in [2.24, 2.45) is 0 Å². The molecule has 0 radical (unpaired) electrons. The molecular weight excluding hydrogens is 448 g/mol. The average molecular weight is 481 g/mol. The van der Waals surface area contributed by atoms with E-state index >= 15 is 0 Å². The lowest BCUT2D eigenvalue weighted by Crippen LogP contribution is -2.39. The number of rotatable bonds is 8. The zero-order valence-corrected chi connectivity index (χ0v) is 19.8. The summed E-state index contributed by atoms with van der Waals surface area (Å²) in [5.74, 6) is -1.80. The zero-order chi connectivity index (χ0) is 25.3. The second-order valence-electron chi connectivity index (χ2n) is 8.69. The Bertz CT molecular complexity index is 895. The minimum Gasteiger partial charge on any atom is -0.464 e. The van der Waals surface area contributed by atoms with Crippen LogP contribution in [0.1, 0.15) is 62.9 Å². The Hall–Kier alpha value is -3.18. The van der Waals surface area contributed by atoms with Gasteiger partial charge in [-0.3, -0.25) is 9.59 Å². The summed E-state index contributed by atoms with van der Waals surface area (Å²) < 4.78 is 21.2. The van der Waals surface area contributed by atoms with Crippen molar-refractivity contribution in [3.05, 3.63) is 29.3 Å². The molecule has 0 spiro atoms. The van der Waals surface area contributed by atoms with Crippen LogP contribution in [0.5, 0.6) is 5.75 Å². The summed E-state index contributed by atoms with van der Waals surface area (Å²) in [5.41, 5.74) is 0.0190. The number of amides is 2. The highest BCUT2D eigenvalue weighted by Gasteiger charge is 2.31. The highest BCUT2D eigenvalue weighted by molar-refractivity contribution is 5.97. The quantitative estimate of drug-likeness (QED) is 0.287. The van der Waals surface area contributed by atoms with Crippen LogP contribution in [0.4, 0.5) is 4.79 Å². The number of benzene rings is 1. The van der Waals surface area contributed by atoms with Crippen molar-refractivity contribution in [1.29, 1.82) is 0 Å². The van der Waals surface area contributed by atoms with E-state index in [0.717, 1.165) is 6.92 Å². The molecule has 1 aromatic rings. The summed E-state index contributed by atoms with van der Waals surface area (Å²) in [6.07, 6.45) is -0.941. The zero-order valence-electron chi connectivity index (χ0n) is 19.8. The van der Waals surface area contributed by atoms with Crippen LogP contribution in [0, 0.1) is 0 Å². The maximum Gasteiger partial charge on any atom is 0.407 e. The average Bonchev–Trinajstić information content (AvgIpc) is 2.75. The van der Waals surface area contributed by atoms with E-state index < -0.39 is 41.9 Å². The van der Waals surface area contributed by atoms with Crippen molar-refractivity contribution in [1.82, 2.24) is 10.6 Å². The number of hydrogen-bond acceptors (Lipinski definition) is 9. The van der Waals surface area contributed by atoms with Crippen molar-refractivity contribution in [3.8, 4) is 5.75 Å². The predicted octanol–water partition coefficient (Wildman–Crippen LogP) is 1.80. The smallest absolute Gasteiger partial charge is 0.407 e. The monoisotopic (exact) mass is 480 g/mol. The molecule has 0 aromatic heterocycles. The third-order valence-electron chi connectivity index (χ3n) is 4.54. The van der Waals surface area contributed by atoms with Crippen LogP contribution < -0.4 is 15.4 Å². The number of hydrogen-bond donors (Lipinski definition) is 3. The molecule has 11 heteroatoms. The van der Waals surface area contributed by atoms with Gasteiger partial charge >= 0.3 is 18.0 Å². The number of aliphatic hydroxyl groups excluding tert-OH is 1. The molecule has 1 saturated heterocycles. The second kappa shape index (κ2) is 12.3. The van der Waals surface area contributed by atoms with Gasteiger partial charge < -0.3 is 34.7 Å². The van der Waals surface area contributed by atoms with Gasteiger partial charge in [0.2, 0.25) is 6.29 Å². The first-order valence-corrected chi connectivity index (χ1v) is 11.0. The van der Waals surface area contributed by atoms with Gasteiger partial charge in [0, 0.05) is 26.4 Å². The molecule has 0 bridgehead atoms. The molecule has 1 aliphatic rings. The summed E-state index contributed by atoms with van der Waals surface area (Å²) in [4.78, 5) is 47.5. The maximum absolute atomic E-state index is 12.8. The Morgan fingerprint density at radius 1 is 1.12 bits per heavy atom. The molecule has 1 fully saturated rings. The minimum atomic E-state index is -0.949. The van der Waals surface area contributed by atoms with E-state index in [-0.39, 0.29) is 31.0 Å². The SMILES string of the molecule is CC(=O)OC(=O)C1CCCC(Oc2ccc(CO)cc2C(=O)NCCNC(=O)OC(C)(C)C)O1. The Labute approximate surface area is 198 Å². The third-order valence-corrected chi connectivity index (χ3v) is 4.54. The molecule has 3 N–H and O–H groups in total. The minimum absolute atomic E-state index is 0.125.